The van der Waals surface area contributed by atoms with Crippen LogP contribution in [0, 0.1) is 27.7 Å². The molecule has 4 aromatic rings. The zero-order valence-electron chi connectivity index (χ0n) is 15.5. The maximum absolute atomic E-state index is 13.0. The topological polar surface area (TPSA) is 94.1 Å². The summed E-state index contributed by atoms with van der Waals surface area (Å²) in [7, 11) is 0. The Morgan fingerprint density at radius 2 is 1.93 bits per heavy atom. The Morgan fingerprint density at radius 1 is 1.11 bits per heavy atom. The Kier molecular flexibility index (Phi) is 3.99. The maximum Gasteiger partial charge on any atom is 0.259 e. The molecule has 4 aromatic heterocycles. The maximum atomic E-state index is 13.0. The Labute approximate surface area is 155 Å². The zero-order valence-corrected chi connectivity index (χ0v) is 15.5. The minimum atomic E-state index is -0.300. The minimum Gasteiger partial charge on any atom is -0.466 e. The lowest BCUT2D eigenvalue weighted by Gasteiger charge is -2.08. The van der Waals surface area contributed by atoms with E-state index in [1.807, 2.05) is 32.9 Å². The normalized spacial score (nSPS) is 11.1. The van der Waals surface area contributed by atoms with Crippen molar-refractivity contribution in [2.24, 2.45) is 0 Å². The number of nitrogens with one attached hydrogen (secondary N) is 1. The van der Waals surface area contributed by atoms with Crippen LogP contribution in [0.25, 0.3) is 22.4 Å². The van der Waals surface area contributed by atoms with E-state index in [0.717, 1.165) is 22.6 Å². The summed E-state index contributed by atoms with van der Waals surface area (Å²) in [6.45, 7) is 7.44. The number of fused-ring (bicyclic) bond motifs is 1. The van der Waals surface area contributed by atoms with Gasteiger partial charge in [-0.05, 0) is 57.5 Å². The van der Waals surface area contributed by atoms with Crippen LogP contribution in [0.2, 0.25) is 0 Å². The molecule has 0 spiro atoms. The van der Waals surface area contributed by atoms with Crippen molar-refractivity contribution in [3.8, 4) is 11.3 Å². The van der Waals surface area contributed by atoms with Gasteiger partial charge in [-0.3, -0.25) is 4.79 Å². The number of hydrogen-bond acceptors (Lipinski definition) is 6. The quantitative estimate of drug-likeness (QED) is 0.582. The van der Waals surface area contributed by atoms with Crippen molar-refractivity contribution in [1.29, 1.82) is 0 Å². The van der Waals surface area contributed by atoms with Gasteiger partial charge < -0.3 is 14.3 Å². The predicted molar refractivity (Wildman–Crippen MR) is 101 cm³/mol. The van der Waals surface area contributed by atoms with Gasteiger partial charge in [0.2, 0.25) is 0 Å². The molecule has 0 unspecified atom stereocenters. The SMILES string of the molecule is Cc1ccnc(NC(=O)c2cc(-c3cc(C)oc3C)nc3onc(C)c23)c1. The molecule has 0 aromatic carbocycles. The fraction of sp³-hybridized carbons (Fsp3) is 0.200. The summed E-state index contributed by atoms with van der Waals surface area (Å²) < 4.78 is 10.9. The predicted octanol–water partition coefficient (Wildman–Crippen LogP) is 4.36. The molecular weight excluding hydrogens is 344 g/mol. The van der Waals surface area contributed by atoms with Crippen molar-refractivity contribution in [2.45, 2.75) is 27.7 Å². The van der Waals surface area contributed by atoms with Gasteiger partial charge in [-0.1, -0.05) is 5.16 Å². The van der Waals surface area contributed by atoms with E-state index < -0.39 is 0 Å². The third kappa shape index (κ3) is 3.08. The molecular formula is C20H18N4O3. The third-order valence-electron chi connectivity index (χ3n) is 4.34. The largest absolute Gasteiger partial charge is 0.466 e. The molecule has 0 saturated carbocycles. The van der Waals surface area contributed by atoms with Gasteiger partial charge in [0.05, 0.1) is 22.3 Å². The first-order valence-corrected chi connectivity index (χ1v) is 8.51. The number of rotatable bonds is 3. The summed E-state index contributed by atoms with van der Waals surface area (Å²) >= 11 is 0. The van der Waals surface area contributed by atoms with Gasteiger partial charge in [0, 0.05) is 11.8 Å². The number of pyridine rings is 2. The molecule has 4 heterocycles. The molecule has 0 aliphatic rings. The molecule has 1 N–H and O–H groups in total. The first kappa shape index (κ1) is 17.0. The van der Waals surface area contributed by atoms with Crippen LogP contribution in [-0.4, -0.2) is 21.0 Å². The highest BCUT2D eigenvalue weighted by Gasteiger charge is 2.21. The molecule has 136 valence electrons. The van der Waals surface area contributed by atoms with Crippen LogP contribution in [0.1, 0.15) is 33.1 Å². The average molecular weight is 362 g/mol. The van der Waals surface area contributed by atoms with Crippen LogP contribution >= 0.6 is 0 Å². The van der Waals surface area contributed by atoms with E-state index in [2.05, 4.69) is 20.4 Å². The van der Waals surface area contributed by atoms with Crippen molar-refractivity contribution in [3.63, 3.8) is 0 Å². The average Bonchev–Trinajstić information content (AvgIpc) is 3.16. The molecule has 27 heavy (non-hydrogen) atoms. The first-order valence-electron chi connectivity index (χ1n) is 8.51. The van der Waals surface area contributed by atoms with Crippen molar-refractivity contribution >= 4 is 22.8 Å². The van der Waals surface area contributed by atoms with E-state index in [-0.39, 0.29) is 5.91 Å². The highest BCUT2D eigenvalue weighted by molar-refractivity contribution is 6.12. The van der Waals surface area contributed by atoms with E-state index >= 15 is 0 Å². The van der Waals surface area contributed by atoms with Gasteiger partial charge in [0.25, 0.3) is 11.6 Å². The van der Waals surface area contributed by atoms with Gasteiger partial charge >= 0.3 is 0 Å². The van der Waals surface area contributed by atoms with Gasteiger partial charge in [-0.2, -0.15) is 0 Å². The third-order valence-corrected chi connectivity index (χ3v) is 4.34. The Balaban J connectivity index is 1.84. The first-order chi connectivity index (χ1) is 12.9. The lowest BCUT2D eigenvalue weighted by Crippen LogP contribution is -2.14. The molecule has 1 amide bonds. The molecule has 7 nitrogen and oxygen atoms in total. The fourth-order valence-corrected chi connectivity index (χ4v) is 3.09. The smallest absolute Gasteiger partial charge is 0.259 e. The highest BCUT2D eigenvalue weighted by atomic mass is 16.5. The van der Waals surface area contributed by atoms with E-state index in [1.54, 1.807) is 25.3 Å². The van der Waals surface area contributed by atoms with Gasteiger partial charge in [-0.25, -0.2) is 9.97 Å². The van der Waals surface area contributed by atoms with Gasteiger partial charge in [0.1, 0.15) is 17.3 Å². The van der Waals surface area contributed by atoms with Gasteiger partial charge in [-0.15, -0.1) is 0 Å². The van der Waals surface area contributed by atoms with Crippen LogP contribution < -0.4 is 5.32 Å². The lowest BCUT2D eigenvalue weighted by molar-refractivity contribution is 0.102. The highest BCUT2D eigenvalue weighted by Crippen LogP contribution is 2.30. The zero-order chi connectivity index (χ0) is 19.1. The minimum absolute atomic E-state index is 0.300. The second-order valence-electron chi connectivity index (χ2n) is 6.50. The second-order valence-corrected chi connectivity index (χ2v) is 6.50. The van der Waals surface area contributed by atoms with Crippen LogP contribution in [0.4, 0.5) is 5.82 Å². The fourth-order valence-electron chi connectivity index (χ4n) is 3.09. The molecule has 0 radical (unpaired) electrons. The van der Waals surface area contributed by atoms with Crippen LogP contribution in [0.15, 0.2) is 39.4 Å². The van der Waals surface area contributed by atoms with E-state index in [0.29, 0.717) is 33.9 Å². The number of hydrogen-bond donors (Lipinski definition) is 1. The molecule has 7 heteroatoms. The Hall–Kier alpha value is -3.48. The second kappa shape index (κ2) is 6.35. The van der Waals surface area contributed by atoms with Crippen LogP contribution in [0.3, 0.4) is 0 Å². The summed E-state index contributed by atoms with van der Waals surface area (Å²) in [5.41, 5.74) is 3.75. The lowest BCUT2D eigenvalue weighted by atomic mass is 10.1. The number of aromatic nitrogens is 3. The monoisotopic (exact) mass is 362 g/mol. The van der Waals surface area contributed by atoms with Crippen molar-refractivity contribution in [3.05, 3.63) is 58.8 Å². The molecule has 4 rings (SSSR count). The number of amides is 1. The summed E-state index contributed by atoms with van der Waals surface area (Å²) in [6.07, 6.45) is 1.65. The van der Waals surface area contributed by atoms with Gasteiger partial charge in [0.15, 0.2) is 0 Å². The number of aryl methyl sites for hydroxylation is 4. The number of carbonyl (C=O) groups is 1. The van der Waals surface area contributed by atoms with Crippen molar-refractivity contribution in [2.75, 3.05) is 5.32 Å². The van der Waals surface area contributed by atoms with E-state index in [4.69, 9.17) is 8.94 Å². The summed E-state index contributed by atoms with van der Waals surface area (Å²) in [4.78, 5) is 21.7. The van der Waals surface area contributed by atoms with E-state index in [9.17, 15) is 4.79 Å². The number of nitrogens with zero attached hydrogens (tertiary/aromatic N) is 3. The number of carbonyl (C=O) groups excluding carboxylic acids is 1. The molecule has 0 atom stereocenters. The summed E-state index contributed by atoms with van der Waals surface area (Å²) in [5.74, 6) is 1.68. The van der Waals surface area contributed by atoms with E-state index in [1.165, 1.54) is 0 Å². The molecule has 0 saturated heterocycles. The standard InChI is InChI=1S/C20H18N4O3/c1-10-5-6-21-17(7-10)23-19(25)15-9-16(14-8-11(2)26-13(14)4)22-20-18(15)12(3)24-27-20/h5-9H,1-4H3,(H,21,23,25). The number of anilines is 1. The van der Waals surface area contributed by atoms with Crippen molar-refractivity contribution < 1.29 is 13.7 Å². The molecule has 0 aliphatic carbocycles. The summed E-state index contributed by atoms with van der Waals surface area (Å²) in [6, 6.07) is 7.29. The molecule has 0 aliphatic heterocycles. The van der Waals surface area contributed by atoms with Crippen LogP contribution in [0.5, 0.6) is 0 Å². The molecule has 0 fully saturated rings. The Bertz CT molecular complexity index is 1170. The Morgan fingerprint density at radius 3 is 2.63 bits per heavy atom. The van der Waals surface area contributed by atoms with Crippen molar-refractivity contribution in [1.82, 2.24) is 15.1 Å². The molecule has 0 bridgehead atoms. The number of furan rings is 1. The summed E-state index contributed by atoms with van der Waals surface area (Å²) in [5, 5.41) is 7.39. The van der Waals surface area contributed by atoms with Crippen LogP contribution in [-0.2, 0) is 0 Å².